The molecule has 3 fully saturated rings. The van der Waals surface area contributed by atoms with Crippen molar-refractivity contribution in [1.82, 2.24) is 4.72 Å². The van der Waals surface area contributed by atoms with Gasteiger partial charge in [0.2, 0.25) is 10.0 Å². The molecule has 2 atom stereocenters. The van der Waals surface area contributed by atoms with Crippen LogP contribution in [0.3, 0.4) is 0 Å². The minimum atomic E-state index is -3.31. The molecule has 0 bridgehead atoms. The minimum absolute atomic E-state index is 0.191. The Bertz CT molecular complexity index is 517. The molecule has 0 amide bonds. The lowest BCUT2D eigenvalue weighted by Crippen LogP contribution is -2.54. The van der Waals surface area contributed by atoms with Gasteiger partial charge in [-0.3, -0.25) is 0 Å². The van der Waals surface area contributed by atoms with Gasteiger partial charge in [0.25, 0.3) is 6.02 Å². The first-order chi connectivity index (χ1) is 9.86. The van der Waals surface area contributed by atoms with Crippen molar-refractivity contribution in [3.63, 3.8) is 0 Å². The number of hydrogen-bond donors (Lipinski definition) is 1. The number of hydrogen-bond acceptors (Lipinski definition) is 4. The molecule has 0 aromatic carbocycles. The van der Waals surface area contributed by atoms with E-state index in [4.69, 9.17) is 4.74 Å². The zero-order valence-corrected chi connectivity index (χ0v) is 13.8. The quantitative estimate of drug-likeness (QED) is 0.809. The molecule has 1 aliphatic heterocycles. The second-order valence-corrected chi connectivity index (χ2v) is 9.36. The Kier molecular flexibility index (Phi) is 3.93. The molecule has 1 heterocycles. The van der Waals surface area contributed by atoms with E-state index in [1.807, 2.05) is 0 Å². The molecule has 1 saturated heterocycles. The summed E-state index contributed by atoms with van der Waals surface area (Å²) in [4.78, 5) is 4.55. The molecule has 5 nitrogen and oxygen atoms in total. The van der Waals surface area contributed by atoms with E-state index in [2.05, 4.69) is 23.6 Å². The molecule has 120 valence electrons. The molecule has 0 unspecified atom stereocenters. The highest BCUT2D eigenvalue weighted by Crippen LogP contribution is 2.36. The largest absolute Gasteiger partial charge is 0.460 e. The van der Waals surface area contributed by atoms with E-state index in [1.54, 1.807) is 0 Å². The maximum Gasteiger partial charge on any atom is 0.299 e. The van der Waals surface area contributed by atoms with Crippen LogP contribution in [0.25, 0.3) is 0 Å². The van der Waals surface area contributed by atoms with Crippen LogP contribution in [-0.2, 0) is 14.8 Å². The van der Waals surface area contributed by atoms with Crippen LogP contribution in [0.4, 0.5) is 0 Å². The predicted molar refractivity (Wildman–Crippen MR) is 82.7 cm³/mol. The van der Waals surface area contributed by atoms with Crippen molar-refractivity contribution in [2.24, 2.45) is 10.4 Å². The topological polar surface area (TPSA) is 67.8 Å². The van der Waals surface area contributed by atoms with E-state index in [-0.39, 0.29) is 18.2 Å². The summed E-state index contributed by atoms with van der Waals surface area (Å²) in [5.41, 5.74) is 0.387. The van der Waals surface area contributed by atoms with Crippen molar-refractivity contribution in [2.75, 3.05) is 0 Å². The molecular weight excluding hydrogens is 288 g/mol. The van der Waals surface area contributed by atoms with Gasteiger partial charge in [0.1, 0.15) is 11.4 Å². The average Bonchev–Trinajstić information content (AvgIpc) is 2.41. The van der Waals surface area contributed by atoms with Gasteiger partial charge in [-0.25, -0.2) is 18.1 Å². The number of rotatable bonds is 1. The Morgan fingerprint density at radius 3 is 2.52 bits per heavy atom. The summed E-state index contributed by atoms with van der Waals surface area (Å²) in [6.45, 7) is 4.56. The Hall–Kier alpha value is -0.780. The summed E-state index contributed by atoms with van der Waals surface area (Å²) in [7, 11) is -3.31. The van der Waals surface area contributed by atoms with Gasteiger partial charge in [0, 0.05) is 0 Å². The second kappa shape index (κ2) is 5.45. The first-order valence-electron chi connectivity index (χ1n) is 8.12. The van der Waals surface area contributed by atoms with E-state index in [1.165, 1.54) is 0 Å². The number of nitrogens with zero attached hydrogens (tertiary/aromatic N) is 1. The number of ether oxygens (including phenoxy) is 1. The smallest absolute Gasteiger partial charge is 0.299 e. The average molecular weight is 314 g/mol. The molecule has 21 heavy (non-hydrogen) atoms. The zero-order chi connectivity index (χ0) is 15.1. The molecule has 3 rings (SSSR count). The maximum absolute atomic E-state index is 12.3. The highest BCUT2D eigenvalue weighted by molar-refractivity contribution is 7.90. The number of nitrogens with one attached hydrogen (secondary N) is 1. The van der Waals surface area contributed by atoms with Gasteiger partial charge in [-0.1, -0.05) is 20.3 Å². The van der Waals surface area contributed by atoms with Crippen molar-refractivity contribution in [3.8, 4) is 0 Å². The lowest BCUT2D eigenvalue weighted by molar-refractivity contribution is 0.129. The van der Waals surface area contributed by atoms with Gasteiger partial charge >= 0.3 is 0 Å². The molecule has 0 aromatic heterocycles. The van der Waals surface area contributed by atoms with Crippen LogP contribution in [0.15, 0.2) is 4.99 Å². The summed E-state index contributed by atoms with van der Waals surface area (Å²) in [5.74, 6) is 0. The van der Waals surface area contributed by atoms with Crippen LogP contribution >= 0.6 is 0 Å². The predicted octanol–water partition coefficient (Wildman–Crippen LogP) is 2.57. The van der Waals surface area contributed by atoms with Gasteiger partial charge in [-0.2, -0.15) is 0 Å². The second-order valence-electron chi connectivity index (χ2n) is 7.46. The maximum atomic E-state index is 12.3. The molecule has 2 saturated carbocycles. The molecular formula is C15H26N2O3S. The summed E-state index contributed by atoms with van der Waals surface area (Å²) in [6, 6.07) is 0.429. The Morgan fingerprint density at radius 1 is 1.14 bits per heavy atom. The fraction of sp³-hybridized carbons (Fsp3) is 0.933. The first-order valence-corrected chi connectivity index (χ1v) is 9.66. The lowest BCUT2D eigenvalue weighted by Gasteiger charge is -2.37. The Labute approximate surface area is 127 Å². The third kappa shape index (κ3) is 3.35. The van der Waals surface area contributed by atoms with Gasteiger partial charge in [-0.15, -0.1) is 0 Å². The lowest BCUT2D eigenvalue weighted by atomic mass is 9.76. The molecule has 0 aromatic rings. The number of sulfonamides is 1. The van der Waals surface area contributed by atoms with E-state index < -0.39 is 15.3 Å². The van der Waals surface area contributed by atoms with Gasteiger partial charge < -0.3 is 4.74 Å². The molecule has 1 N–H and O–H groups in total. The molecule has 2 aliphatic carbocycles. The van der Waals surface area contributed by atoms with E-state index in [0.29, 0.717) is 11.8 Å². The number of aliphatic imine (C=N–C) groups is 1. The van der Waals surface area contributed by atoms with Crippen molar-refractivity contribution >= 4 is 16.0 Å². The molecule has 3 aliphatic rings. The van der Waals surface area contributed by atoms with E-state index in [0.717, 1.165) is 44.9 Å². The normalized spacial score (nSPS) is 37.3. The highest BCUT2D eigenvalue weighted by Gasteiger charge is 2.42. The highest BCUT2D eigenvalue weighted by atomic mass is 32.2. The first kappa shape index (κ1) is 15.1. The van der Waals surface area contributed by atoms with E-state index >= 15 is 0 Å². The van der Waals surface area contributed by atoms with Gasteiger partial charge in [0.05, 0.1) is 6.04 Å². The Balaban J connectivity index is 1.70. The Morgan fingerprint density at radius 2 is 1.81 bits per heavy atom. The molecule has 0 radical (unpaired) electrons. The third-order valence-electron chi connectivity index (χ3n) is 5.14. The molecule has 6 heteroatoms. The van der Waals surface area contributed by atoms with Crippen LogP contribution in [0.2, 0.25) is 0 Å². The van der Waals surface area contributed by atoms with Crippen LogP contribution in [0, 0.1) is 5.41 Å². The third-order valence-corrected chi connectivity index (χ3v) is 6.94. The fourth-order valence-electron chi connectivity index (χ4n) is 3.65. The summed E-state index contributed by atoms with van der Waals surface area (Å²) in [6.07, 6.45) is 7.61. The summed E-state index contributed by atoms with van der Waals surface area (Å²) < 4.78 is 33.0. The van der Waals surface area contributed by atoms with Crippen molar-refractivity contribution in [1.29, 1.82) is 0 Å². The van der Waals surface area contributed by atoms with Crippen molar-refractivity contribution in [3.05, 3.63) is 0 Å². The van der Waals surface area contributed by atoms with Crippen molar-refractivity contribution in [2.45, 2.75) is 82.6 Å². The fourth-order valence-corrected chi connectivity index (χ4v) is 5.22. The van der Waals surface area contributed by atoms with Gasteiger partial charge in [0.15, 0.2) is 0 Å². The minimum Gasteiger partial charge on any atom is -0.460 e. The number of amidine groups is 1. The summed E-state index contributed by atoms with van der Waals surface area (Å²) >= 11 is 0. The van der Waals surface area contributed by atoms with Crippen LogP contribution < -0.4 is 4.72 Å². The standard InChI is InChI=1S/C15H26N2O3S/c1-15(2)9-7-11(8-10-15)16-14-17-21(18,19)13-6-4-3-5-12(13)20-14/h11-13H,3-10H2,1-2H3,(H,16,17)/t12-,13+/m0/s1. The van der Waals surface area contributed by atoms with E-state index in [9.17, 15) is 8.42 Å². The molecule has 0 spiro atoms. The van der Waals surface area contributed by atoms with Gasteiger partial charge in [-0.05, 0) is 50.4 Å². The van der Waals surface area contributed by atoms with Crippen molar-refractivity contribution < 1.29 is 13.2 Å². The van der Waals surface area contributed by atoms with Crippen LogP contribution in [0.5, 0.6) is 0 Å². The number of fused-ring (bicyclic) bond motifs is 1. The monoisotopic (exact) mass is 314 g/mol. The van der Waals surface area contributed by atoms with Crippen LogP contribution in [0.1, 0.15) is 65.2 Å². The zero-order valence-electron chi connectivity index (χ0n) is 13.0. The summed E-state index contributed by atoms with van der Waals surface area (Å²) in [5, 5.41) is -0.393. The SMILES string of the molecule is CC1(C)CCC(N=C2NS(=O)(=O)[C@@H]3CCCC[C@@H]3O2)CC1. The van der Waals surface area contributed by atoms with Crippen LogP contribution in [-0.4, -0.2) is 31.8 Å².